The fourth-order valence-electron chi connectivity index (χ4n) is 4.19. The van der Waals surface area contributed by atoms with Gasteiger partial charge >= 0.3 is 7.12 Å². The van der Waals surface area contributed by atoms with Gasteiger partial charge in [0.05, 0.1) is 11.2 Å². The van der Waals surface area contributed by atoms with Crippen LogP contribution in [0.5, 0.6) is 0 Å². The van der Waals surface area contributed by atoms with Crippen molar-refractivity contribution in [3.8, 4) is 11.1 Å². The van der Waals surface area contributed by atoms with Gasteiger partial charge in [-0.15, -0.1) is 0 Å². The Morgan fingerprint density at radius 1 is 0.552 bits per heavy atom. The van der Waals surface area contributed by atoms with Gasteiger partial charge in [-0.1, -0.05) is 78.9 Å². The van der Waals surface area contributed by atoms with Gasteiger partial charge < -0.3 is 9.31 Å². The van der Waals surface area contributed by atoms with E-state index >= 15 is 0 Å². The minimum Gasteiger partial charge on any atom is -0.399 e. The second kappa shape index (κ2) is 6.45. The largest absolute Gasteiger partial charge is 0.495 e. The predicted octanol–water partition coefficient (Wildman–Crippen LogP) is 5.96. The van der Waals surface area contributed by atoms with E-state index in [2.05, 4.69) is 107 Å². The second-order valence-corrected chi connectivity index (χ2v) is 8.86. The fourth-order valence-corrected chi connectivity index (χ4v) is 4.19. The Balaban J connectivity index is 1.71. The summed E-state index contributed by atoms with van der Waals surface area (Å²) in [5.41, 5.74) is 2.86. The molecule has 0 bridgehead atoms. The number of fused-ring (bicyclic) bond motifs is 2. The number of hydrogen-bond donors (Lipinski definition) is 0. The van der Waals surface area contributed by atoms with Crippen LogP contribution in [0, 0.1) is 0 Å². The second-order valence-electron chi connectivity index (χ2n) is 8.86. The van der Waals surface area contributed by atoms with Crippen molar-refractivity contribution >= 4 is 34.1 Å². The van der Waals surface area contributed by atoms with E-state index in [-0.39, 0.29) is 18.3 Å². The molecular formula is C26H25BO2. The Labute approximate surface area is 172 Å². The molecule has 0 radical (unpaired) electrons. The van der Waals surface area contributed by atoms with Crippen LogP contribution in [0.1, 0.15) is 27.7 Å². The minimum atomic E-state index is -0.369. The third kappa shape index (κ3) is 2.88. The molecule has 0 aromatic heterocycles. The van der Waals surface area contributed by atoms with Crippen molar-refractivity contribution < 1.29 is 9.31 Å². The van der Waals surface area contributed by atoms with E-state index in [0.717, 1.165) is 5.46 Å². The van der Waals surface area contributed by atoms with E-state index in [4.69, 9.17) is 9.31 Å². The van der Waals surface area contributed by atoms with E-state index in [1.807, 2.05) is 0 Å². The Morgan fingerprint density at radius 2 is 1.10 bits per heavy atom. The molecule has 1 heterocycles. The molecular weight excluding hydrogens is 355 g/mol. The number of hydrogen-bond acceptors (Lipinski definition) is 2. The van der Waals surface area contributed by atoms with Crippen LogP contribution in [0.25, 0.3) is 32.7 Å². The van der Waals surface area contributed by atoms with E-state index in [1.165, 1.54) is 32.7 Å². The zero-order chi connectivity index (χ0) is 20.2. The highest BCUT2D eigenvalue weighted by molar-refractivity contribution is 6.65. The summed E-state index contributed by atoms with van der Waals surface area (Å²) in [4.78, 5) is 0. The van der Waals surface area contributed by atoms with Crippen LogP contribution in [0.2, 0.25) is 0 Å². The Kier molecular flexibility index (Phi) is 4.09. The molecule has 0 spiro atoms. The molecule has 0 N–H and O–H groups in total. The molecule has 4 aromatic carbocycles. The van der Waals surface area contributed by atoms with Crippen LogP contribution < -0.4 is 5.46 Å². The smallest absolute Gasteiger partial charge is 0.399 e. The zero-order valence-corrected chi connectivity index (χ0v) is 17.4. The van der Waals surface area contributed by atoms with Crippen LogP contribution in [-0.2, 0) is 9.31 Å². The quantitative estimate of drug-likeness (QED) is 0.400. The van der Waals surface area contributed by atoms with Gasteiger partial charge in [0.25, 0.3) is 0 Å². The molecule has 0 unspecified atom stereocenters. The molecule has 144 valence electrons. The Morgan fingerprint density at radius 3 is 1.83 bits per heavy atom. The van der Waals surface area contributed by atoms with Crippen molar-refractivity contribution in [3.05, 3.63) is 78.9 Å². The summed E-state index contributed by atoms with van der Waals surface area (Å²) in [5, 5.41) is 4.92. The first-order chi connectivity index (χ1) is 13.9. The van der Waals surface area contributed by atoms with Crippen molar-refractivity contribution in [1.29, 1.82) is 0 Å². The number of rotatable bonds is 2. The normalized spacial score (nSPS) is 17.9. The third-order valence-corrected chi connectivity index (χ3v) is 6.54. The van der Waals surface area contributed by atoms with Crippen molar-refractivity contribution in [2.24, 2.45) is 0 Å². The Bertz CT molecular complexity index is 1200. The van der Waals surface area contributed by atoms with E-state index in [0.29, 0.717) is 0 Å². The van der Waals surface area contributed by atoms with Gasteiger partial charge in [-0.2, -0.15) is 0 Å². The summed E-state index contributed by atoms with van der Waals surface area (Å²) < 4.78 is 12.7. The molecule has 0 atom stereocenters. The summed E-state index contributed by atoms with van der Waals surface area (Å²) >= 11 is 0. The fraction of sp³-hybridized carbons (Fsp3) is 0.231. The van der Waals surface area contributed by atoms with Crippen molar-refractivity contribution in [2.45, 2.75) is 38.9 Å². The van der Waals surface area contributed by atoms with E-state index in [1.54, 1.807) is 0 Å². The van der Waals surface area contributed by atoms with Gasteiger partial charge in [0.2, 0.25) is 0 Å². The van der Waals surface area contributed by atoms with Crippen LogP contribution in [0.15, 0.2) is 78.9 Å². The van der Waals surface area contributed by atoms with Gasteiger partial charge in [-0.25, -0.2) is 0 Å². The van der Waals surface area contributed by atoms with Crippen LogP contribution in [0.3, 0.4) is 0 Å². The highest BCUT2D eigenvalue weighted by Crippen LogP contribution is 2.38. The Hall–Kier alpha value is -2.62. The average Bonchev–Trinajstić information content (AvgIpc) is 2.93. The van der Waals surface area contributed by atoms with Crippen LogP contribution in [0.4, 0.5) is 0 Å². The van der Waals surface area contributed by atoms with Crippen LogP contribution >= 0.6 is 0 Å². The highest BCUT2D eigenvalue weighted by atomic mass is 16.7. The molecule has 0 amide bonds. The molecule has 1 saturated heterocycles. The maximum Gasteiger partial charge on any atom is 0.495 e. The first-order valence-corrected chi connectivity index (χ1v) is 10.2. The molecule has 1 aliphatic rings. The monoisotopic (exact) mass is 380 g/mol. The predicted molar refractivity (Wildman–Crippen MR) is 123 cm³/mol. The summed E-state index contributed by atoms with van der Waals surface area (Å²) in [7, 11) is -0.369. The van der Waals surface area contributed by atoms with Gasteiger partial charge in [-0.3, -0.25) is 0 Å². The third-order valence-electron chi connectivity index (χ3n) is 6.54. The lowest BCUT2D eigenvalue weighted by molar-refractivity contribution is 0.00578. The topological polar surface area (TPSA) is 18.5 Å². The zero-order valence-electron chi connectivity index (χ0n) is 17.4. The van der Waals surface area contributed by atoms with Gasteiger partial charge in [-0.05, 0) is 65.8 Å². The highest BCUT2D eigenvalue weighted by Gasteiger charge is 2.52. The van der Waals surface area contributed by atoms with Crippen molar-refractivity contribution in [1.82, 2.24) is 0 Å². The van der Waals surface area contributed by atoms with Gasteiger partial charge in [0.15, 0.2) is 0 Å². The first-order valence-electron chi connectivity index (χ1n) is 10.2. The summed E-state index contributed by atoms with van der Waals surface area (Å²) in [6, 6.07) is 28.0. The lowest BCUT2D eigenvalue weighted by Crippen LogP contribution is -2.41. The average molecular weight is 380 g/mol. The maximum atomic E-state index is 6.35. The molecule has 2 nitrogen and oxygen atoms in total. The molecule has 3 heteroatoms. The molecule has 1 fully saturated rings. The molecule has 4 aromatic rings. The van der Waals surface area contributed by atoms with E-state index < -0.39 is 0 Å². The molecule has 0 saturated carbocycles. The summed E-state index contributed by atoms with van der Waals surface area (Å²) in [5.74, 6) is 0. The number of benzene rings is 4. The lowest BCUT2D eigenvalue weighted by atomic mass is 9.75. The maximum absolute atomic E-state index is 6.35. The summed E-state index contributed by atoms with van der Waals surface area (Å²) in [6.07, 6.45) is 0. The standard InChI is InChI=1S/C26H25BO2/c1-25(2)26(3,4)29-27(28-25)24-17-16-22(21-13-7-8-14-23(21)24)20-15-9-11-18-10-5-6-12-19(18)20/h5-17H,1-4H3. The molecule has 29 heavy (non-hydrogen) atoms. The SMILES string of the molecule is CC1(C)OB(c2ccc(-c3cccc4ccccc34)c3ccccc23)OC1(C)C. The van der Waals surface area contributed by atoms with Crippen molar-refractivity contribution in [3.63, 3.8) is 0 Å². The summed E-state index contributed by atoms with van der Waals surface area (Å²) in [6.45, 7) is 8.39. The van der Waals surface area contributed by atoms with E-state index in [9.17, 15) is 0 Å². The minimum absolute atomic E-state index is 0.354. The molecule has 1 aliphatic heterocycles. The van der Waals surface area contributed by atoms with Gasteiger partial charge in [0.1, 0.15) is 0 Å². The van der Waals surface area contributed by atoms with Gasteiger partial charge in [0, 0.05) is 0 Å². The van der Waals surface area contributed by atoms with Crippen molar-refractivity contribution in [2.75, 3.05) is 0 Å². The lowest BCUT2D eigenvalue weighted by Gasteiger charge is -2.32. The van der Waals surface area contributed by atoms with Crippen LogP contribution in [-0.4, -0.2) is 18.3 Å². The first kappa shape index (κ1) is 18.4. The molecule has 0 aliphatic carbocycles. The molecule has 5 rings (SSSR count).